The molecule has 0 fully saturated rings. The highest BCUT2D eigenvalue weighted by Crippen LogP contribution is 2.41. The topological polar surface area (TPSA) is 65.0 Å². The van der Waals surface area contributed by atoms with E-state index >= 15 is 0 Å². The van der Waals surface area contributed by atoms with Crippen molar-refractivity contribution in [1.29, 1.82) is 0 Å². The summed E-state index contributed by atoms with van der Waals surface area (Å²) in [6, 6.07) is 10.8. The van der Waals surface area contributed by atoms with Crippen molar-refractivity contribution in [3.63, 3.8) is 0 Å². The molecule has 21 heavy (non-hydrogen) atoms. The summed E-state index contributed by atoms with van der Waals surface area (Å²) in [6.45, 7) is 0.230. The zero-order chi connectivity index (χ0) is 14.4. The molecule has 0 amide bonds. The highest BCUT2D eigenvalue weighted by atomic mass is 16.7. The molecule has 2 aromatic rings. The SMILES string of the molecule is O=C(O)c1cccc2c1CC(c1ccc3c(c1)OCO3)O2. The van der Waals surface area contributed by atoms with Gasteiger partial charge in [-0.1, -0.05) is 12.1 Å². The van der Waals surface area contributed by atoms with Gasteiger partial charge in [0, 0.05) is 12.0 Å². The monoisotopic (exact) mass is 284 g/mol. The van der Waals surface area contributed by atoms with Crippen molar-refractivity contribution in [3.8, 4) is 17.2 Å². The van der Waals surface area contributed by atoms with Gasteiger partial charge in [0.1, 0.15) is 11.9 Å². The molecule has 2 aromatic carbocycles. The van der Waals surface area contributed by atoms with E-state index in [0.717, 1.165) is 16.9 Å². The van der Waals surface area contributed by atoms with Crippen LogP contribution in [0.5, 0.6) is 17.2 Å². The highest BCUT2D eigenvalue weighted by molar-refractivity contribution is 5.90. The summed E-state index contributed by atoms with van der Waals surface area (Å²) >= 11 is 0. The molecule has 5 heteroatoms. The van der Waals surface area contributed by atoms with Gasteiger partial charge in [0.25, 0.3) is 0 Å². The third-order valence-electron chi connectivity index (χ3n) is 3.79. The van der Waals surface area contributed by atoms with Crippen LogP contribution < -0.4 is 14.2 Å². The maximum absolute atomic E-state index is 11.3. The number of ether oxygens (including phenoxy) is 3. The van der Waals surface area contributed by atoms with Crippen LogP contribution in [-0.2, 0) is 6.42 Å². The van der Waals surface area contributed by atoms with Gasteiger partial charge >= 0.3 is 5.97 Å². The van der Waals surface area contributed by atoms with E-state index in [1.165, 1.54) is 0 Å². The average Bonchev–Trinajstić information content (AvgIpc) is 3.11. The maximum atomic E-state index is 11.3. The fraction of sp³-hybridized carbons (Fsp3) is 0.188. The number of rotatable bonds is 2. The minimum Gasteiger partial charge on any atom is -0.485 e. The van der Waals surface area contributed by atoms with Crippen molar-refractivity contribution in [2.75, 3.05) is 6.79 Å². The van der Waals surface area contributed by atoms with E-state index < -0.39 is 5.97 Å². The van der Waals surface area contributed by atoms with Crippen LogP contribution in [0.4, 0.5) is 0 Å². The first kappa shape index (κ1) is 12.1. The van der Waals surface area contributed by atoms with Crippen LogP contribution in [0, 0.1) is 0 Å². The summed E-state index contributed by atoms with van der Waals surface area (Å²) in [5.41, 5.74) is 2.00. The van der Waals surface area contributed by atoms with Gasteiger partial charge in [-0.25, -0.2) is 4.79 Å². The molecule has 2 aliphatic rings. The molecule has 4 rings (SSSR count). The first-order chi connectivity index (χ1) is 10.2. The van der Waals surface area contributed by atoms with Gasteiger partial charge < -0.3 is 19.3 Å². The summed E-state index contributed by atoms with van der Waals surface area (Å²) in [4.78, 5) is 11.3. The number of fused-ring (bicyclic) bond motifs is 2. The van der Waals surface area contributed by atoms with E-state index in [4.69, 9.17) is 14.2 Å². The Labute approximate surface area is 120 Å². The molecule has 0 bridgehead atoms. The van der Waals surface area contributed by atoms with Crippen molar-refractivity contribution < 1.29 is 24.1 Å². The molecule has 2 aliphatic heterocycles. The van der Waals surface area contributed by atoms with Crippen molar-refractivity contribution >= 4 is 5.97 Å². The van der Waals surface area contributed by atoms with Crippen molar-refractivity contribution in [2.24, 2.45) is 0 Å². The standard InChI is InChI=1S/C16H12O5/c17-16(18)10-2-1-3-12-11(10)7-14(21-12)9-4-5-13-15(6-9)20-8-19-13/h1-6,14H,7-8H2,(H,17,18). The van der Waals surface area contributed by atoms with Crippen molar-refractivity contribution in [2.45, 2.75) is 12.5 Å². The Balaban J connectivity index is 1.68. The normalized spacial score (nSPS) is 18.2. The molecule has 5 nitrogen and oxygen atoms in total. The fourth-order valence-electron chi connectivity index (χ4n) is 2.77. The Morgan fingerprint density at radius 3 is 2.81 bits per heavy atom. The van der Waals surface area contributed by atoms with Crippen LogP contribution in [0.2, 0.25) is 0 Å². The van der Waals surface area contributed by atoms with Crippen LogP contribution in [0.15, 0.2) is 36.4 Å². The molecule has 1 unspecified atom stereocenters. The lowest BCUT2D eigenvalue weighted by atomic mass is 9.99. The predicted molar refractivity (Wildman–Crippen MR) is 73.0 cm³/mol. The Morgan fingerprint density at radius 1 is 1.10 bits per heavy atom. The Hall–Kier alpha value is -2.69. The molecule has 0 saturated heterocycles. The quantitative estimate of drug-likeness (QED) is 0.918. The van der Waals surface area contributed by atoms with E-state index in [9.17, 15) is 9.90 Å². The largest absolute Gasteiger partial charge is 0.485 e. The van der Waals surface area contributed by atoms with Crippen LogP contribution >= 0.6 is 0 Å². The van der Waals surface area contributed by atoms with E-state index in [1.807, 2.05) is 18.2 Å². The molecule has 0 aliphatic carbocycles. The molecular formula is C16H12O5. The highest BCUT2D eigenvalue weighted by Gasteiger charge is 2.29. The average molecular weight is 284 g/mol. The molecular weight excluding hydrogens is 272 g/mol. The molecule has 0 spiro atoms. The van der Waals surface area contributed by atoms with E-state index in [1.54, 1.807) is 18.2 Å². The molecule has 1 N–H and O–H groups in total. The summed E-state index contributed by atoms with van der Waals surface area (Å²) in [7, 11) is 0. The van der Waals surface area contributed by atoms with Gasteiger partial charge in [-0.2, -0.15) is 0 Å². The number of benzene rings is 2. The second-order valence-corrected chi connectivity index (χ2v) is 5.01. The lowest BCUT2D eigenvalue weighted by molar-refractivity contribution is 0.0696. The summed E-state index contributed by atoms with van der Waals surface area (Å²) < 4.78 is 16.5. The number of carboxylic acid groups (broad SMARTS) is 1. The minimum atomic E-state index is -0.929. The smallest absolute Gasteiger partial charge is 0.336 e. The van der Waals surface area contributed by atoms with Gasteiger partial charge in [0.15, 0.2) is 11.5 Å². The molecule has 2 heterocycles. The Bertz CT molecular complexity index is 737. The number of aromatic carboxylic acids is 1. The molecule has 0 saturated carbocycles. The maximum Gasteiger partial charge on any atom is 0.336 e. The van der Waals surface area contributed by atoms with E-state index in [-0.39, 0.29) is 12.9 Å². The van der Waals surface area contributed by atoms with Crippen LogP contribution in [0.3, 0.4) is 0 Å². The zero-order valence-corrected chi connectivity index (χ0v) is 11.0. The fourth-order valence-corrected chi connectivity index (χ4v) is 2.77. The summed E-state index contributed by atoms with van der Waals surface area (Å²) in [5.74, 6) is 1.13. The first-order valence-electron chi connectivity index (χ1n) is 6.64. The van der Waals surface area contributed by atoms with E-state index in [0.29, 0.717) is 23.5 Å². The summed E-state index contributed by atoms with van der Waals surface area (Å²) in [5, 5.41) is 9.24. The van der Waals surface area contributed by atoms with Gasteiger partial charge in [-0.15, -0.1) is 0 Å². The minimum absolute atomic E-state index is 0.199. The summed E-state index contributed by atoms with van der Waals surface area (Å²) in [6.07, 6.45) is 0.340. The van der Waals surface area contributed by atoms with Crippen molar-refractivity contribution in [1.82, 2.24) is 0 Å². The number of carbonyl (C=O) groups is 1. The second kappa shape index (κ2) is 4.41. The number of hydrogen-bond acceptors (Lipinski definition) is 4. The third kappa shape index (κ3) is 1.89. The van der Waals surface area contributed by atoms with Crippen molar-refractivity contribution in [3.05, 3.63) is 53.1 Å². The number of hydrogen-bond donors (Lipinski definition) is 1. The molecule has 1 atom stereocenters. The molecule has 106 valence electrons. The predicted octanol–water partition coefficient (Wildman–Crippen LogP) is 2.79. The Kier molecular flexibility index (Phi) is 2.54. The number of carboxylic acids is 1. The third-order valence-corrected chi connectivity index (χ3v) is 3.79. The van der Waals surface area contributed by atoms with Crippen LogP contribution in [-0.4, -0.2) is 17.9 Å². The molecule has 0 aromatic heterocycles. The lowest BCUT2D eigenvalue weighted by Gasteiger charge is -2.11. The van der Waals surface area contributed by atoms with Crippen LogP contribution in [0.1, 0.15) is 27.6 Å². The zero-order valence-electron chi connectivity index (χ0n) is 11.0. The van der Waals surface area contributed by atoms with Gasteiger partial charge in [0.05, 0.1) is 5.56 Å². The second-order valence-electron chi connectivity index (χ2n) is 5.01. The first-order valence-corrected chi connectivity index (χ1v) is 6.64. The molecule has 0 radical (unpaired) electrons. The Morgan fingerprint density at radius 2 is 1.95 bits per heavy atom. The van der Waals surface area contributed by atoms with Gasteiger partial charge in [-0.3, -0.25) is 0 Å². The van der Waals surface area contributed by atoms with E-state index in [2.05, 4.69) is 0 Å². The lowest BCUT2D eigenvalue weighted by Crippen LogP contribution is -2.04. The van der Waals surface area contributed by atoms with Gasteiger partial charge in [0.2, 0.25) is 6.79 Å². The van der Waals surface area contributed by atoms with Gasteiger partial charge in [-0.05, 0) is 29.8 Å². The van der Waals surface area contributed by atoms with Crippen LogP contribution in [0.25, 0.3) is 0 Å².